The number of rotatable bonds is 3. The molecule has 0 amide bonds. The monoisotopic (exact) mass is 314 g/mol. The van der Waals surface area contributed by atoms with Crippen LogP contribution in [-0.4, -0.2) is 11.1 Å². The summed E-state index contributed by atoms with van der Waals surface area (Å²) in [6.45, 7) is 1.28. The van der Waals surface area contributed by atoms with E-state index in [9.17, 15) is 22.4 Å². The van der Waals surface area contributed by atoms with Crippen LogP contribution >= 0.6 is 0 Å². The lowest BCUT2D eigenvalue weighted by molar-refractivity contribution is 0.0329. The fourth-order valence-corrected chi connectivity index (χ4v) is 1.80. The Balaban J connectivity index is 2.23. The van der Waals surface area contributed by atoms with E-state index in [0.717, 1.165) is 18.2 Å². The molecule has 0 aromatic heterocycles. The predicted molar refractivity (Wildman–Crippen MR) is 68.2 cm³/mol. The number of phenolic OH excluding ortho intramolecular Hbond substituents is 1. The molecule has 0 spiro atoms. The van der Waals surface area contributed by atoms with Gasteiger partial charge >= 0.3 is 5.97 Å². The average Bonchev–Trinajstić information content (AvgIpc) is 2.46. The van der Waals surface area contributed by atoms with Crippen molar-refractivity contribution in [2.75, 3.05) is 0 Å². The molecule has 22 heavy (non-hydrogen) atoms. The Hall–Kier alpha value is -2.57. The number of hydrogen-bond acceptors (Lipinski definition) is 3. The summed E-state index contributed by atoms with van der Waals surface area (Å²) in [5.41, 5.74) is -0.718. The number of carbonyl (C=O) groups is 1. The van der Waals surface area contributed by atoms with E-state index in [0.29, 0.717) is 12.1 Å². The van der Waals surface area contributed by atoms with Gasteiger partial charge in [-0.1, -0.05) is 0 Å². The molecule has 7 heteroatoms. The molecule has 116 valence electrons. The van der Waals surface area contributed by atoms with Gasteiger partial charge in [-0.05, 0) is 37.3 Å². The van der Waals surface area contributed by atoms with Gasteiger partial charge in [0.15, 0.2) is 17.4 Å². The minimum absolute atomic E-state index is 0.215. The van der Waals surface area contributed by atoms with Gasteiger partial charge in [0, 0.05) is 5.56 Å². The highest BCUT2D eigenvalue weighted by Gasteiger charge is 2.20. The summed E-state index contributed by atoms with van der Waals surface area (Å²) in [5, 5.41) is 8.95. The van der Waals surface area contributed by atoms with Crippen LogP contribution in [0.1, 0.15) is 28.9 Å². The summed E-state index contributed by atoms with van der Waals surface area (Å²) in [7, 11) is 0. The van der Waals surface area contributed by atoms with Crippen LogP contribution in [0.3, 0.4) is 0 Å². The maximum absolute atomic E-state index is 13.5. The van der Waals surface area contributed by atoms with E-state index in [2.05, 4.69) is 0 Å². The van der Waals surface area contributed by atoms with Gasteiger partial charge in [0.2, 0.25) is 0 Å². The van der Waals surface area contributed by atoms with Crippen molar-refractivity contribution in [2.45, 2.75) is 13.0 Å². The normalized spacial score (nSPS) is 12.0. The van der Waals surface area contributed by atoms with Crippen LogP contribution in [0.2, 0.25) is 0 Å². The van der Waals surface area contributed by atoms with Crippen LogP contribution in [0.25, 0.3) is 0 Å². The maximum Gasteiger partial charge on any atom is 0.338 e. The maximum atomic E-state index is 13.5. The number of benzene rings is 2. The van der Waals surface area contributed by atoms with Crippen LogP contribution in [0.5, 0.6) is 5.75 Å². The van der Waals surface area contributed by atoms with Crippen molar-refractivity contribution in [2.24, 2.45) is 0 Å². The molecule has 2 aromatic carbocycles. The Kier molecular flexibility index (Phi) is 4.35. The zero-order chi connectivity index (χ0) is 16.4. The van der Waals surface area contributed by atoms with Gasteiger partial charge in [-0.15, -0.1) is 0 Å². The van der Waals surface area contributed by atoms with Crippen LogP contribution in [0.15, 0.2) is 30.3 Å². The number of ether oxygens (including phenoxy) is 1. The van der Waals surface area contributed by atoms with E-state index in [1.54, 1.807) is 0 Å². The van der Waals surface area contributed by atoms with E-state index in [4.69, 9.17) is 9.84 Å². The van der Waals surface area contributed by atoms with E-state index in [-0.39, 0.29) is 5.56 Å². The Labute approximate surface area is 122 Å². The van der Waals surface area contributed by atoms with Crippen molar-refractivity contribution in [1.29, 1.82) is 0 Å². The smallest absolute Gasteiger partial charge is 0.338 e. The molecule has 0 saturated carbocycles. The summed E-state index contributed by atoms with van der Waals surface area (Å²) in [4.78, 5) is 11.8. The molecule has 1 unspecified atom stereocenters. The first kappa shape index (κ1) is 15.8. The third-order valence-corrected chi connectivity index (χ3v) is 2.93. The summed E-state index contributed by atoms with van der Waals surface area (Å²) in [6.07, 6.45) is -1.18. The van der Waals surface area contributed by atoms with Gasteiger partial charge in [0.1, 0.15) is 17.7 Å². The first-order valence-corrected chi connectivity index (χ1v) is 6.13. The molecule has 1 N–H and O–H groups in total. The second kappa shape index (κ2) is 6.05. The van der Waals surface area contributed by atoms with Crippen LogP contribution in [-0.2, 0) is 4.74 Å². The second-order valence-electron chi connectivity index (χ2n) is 4.50. The molecule has 0 aliphatic carbocycles. The summed E-state index contributed by atoms with van der Waals surface area (Å²) >= 11 is 0. The minimum Gasteiger partial charge on any atom is -0.503 e. The number of halogens is 4. The summed E-state index contributed by atoms with van der Waals surface area (Å²) in [5.74, 6) is -6.55. The average molecular weight is 314 g/mol. The molecule has 0 aliphatic rings. The number of hydrogen-bond donors (Lipinski definition) is 1. The van der Waals surface area contributed by atoms with Crippen LogP contribution < -0.4 is 0 Å². The Morgan fingerprint density at radius 2 is 1.64 bits per heavy atom. The Morgan fingerprint density at radius 1 is 1.05 bits per heavy atom. The molecule has 2 aromatic rings. The van der Waals surface area contributed by atoms with Gasteiger partial charge in [-0.2, -0.15) is 0 Å². The molecule has 0 bridgehead atoms. The quantitative estimate of drug-likeness (QED) is 0.691. The summed E-state index contributed by atoms with van der Waals surface area (Å²) < 4.78 is 57.8. The van der Waals surface area contributed by atoms with E-state index < -0.39 is 46.7 Å². The molecule has 0 saturated heterocycles. The van der Waals surface area contributed by atoms with Crippen molar-refractivity contribution in [3.8, 4) is 5.75 Å². The SMILES string of the molecule is CC(OC(=O)c1cc(F)c(O)c(F)c1)c1cc(F)ccc1F. The standard InChI is InChI=1S/C15H10F4O3/c1-7(10-6-9(16)2-3-11(10)17)22-15(21)8-4-12(18)14(20)13(19)5-8/h2-7,20H,1H3. The zero-order valence-corrected chi connectivity index (χ0v) is 11.2. The van der Waals surface area contributed by atoms with E-state index in [1.807, 2.05) is 0 Å². The van der Waals surface area contributed by atoms with Crippen molar-refractivity contribution in [3.05, 3.63) is 64.7 Å². The van der Waals surface area contributed by atoms with Crippen molar-refractivity contribution < 1.29 is 32.2 Å². The Bertz CT molecular complexity index is 708. The number of aromatic hydroxyl groups is 1. The second-order valence-corrected chi connectivity index (χ2v) is 4.50. The van der Waals surface area contributed by atoms with E-state index >= 15 is 0 Å². The third-order valence-electron chi connectivity index (χ3n) is 2.93. The van der Waals surface area contributed by atoms with Gasteiger partial charge in [0.25, 0.3) is 0 Å². The predicted octanol–water partition coefficient (Wildman–Crippen LogP) is 3.87. The molecular formula is C15H10F4O3. The fourth-order valence-electron chi connectivity index (χ4n) is 1.80. The molecule has 2 rings (SSSR count). The lowest BCUT2D eigenvalue weighted by Gasteiger charge is -2.14. The molecule has 3 nitrogen and oxygen atoms in total. The number of carbonyl (C=O) groups excluding carboxylic acids is 1. The number of esters is 1. The highest BCUT2D eigenvalue weighted by Crippen LogP contribution is 2.25. The molecule has 0 radical (unpaired) electrons. The summed E-state index contributed by atoms with van der Waals surface area (Å²) in [6, 6.07) is 3.78. The lowest BCUT2D eigenvalue weighted by atomic mass is 10.1. The van der Waals surface area contributed by atoms with E-state index in [1.165, 1.54) is 6.92 Å². The third kappa shape index (κ3) is 3.19. The fraction of sp³-hybridized carbons (Fsp3) is 0.133. The van der Waals surface area contributed by atoms with Crippen molar-refractivity contribution in [1.82, 2.24) is 0 Å². The molecule has 0 fully saturated rings. The van der Waals surface area contributed by atoms with Gasteiger partial charge in [-0.25, -0.2) is 22.4 Å². The van der Waals surface area contributed by atoms with Crippen LogP contribution in [0, 0.1) is 23.3 Å². The zero-order valence-electron chi connectivity index (χ0n) is 11.2. The van der Waals surface area contributed by atoms with Crippen molar-refractivity contribution in [3.63, 3.8) is 0 Å². The molecular weight excluding hydrogens is 304 g/mol. The van der Waals surface area contributed by atoms with Crippen molar-refractivity contribution >= 4 is 5.97 Å². The number of phenols is 1. The molecule has 0 heterocycles. The van der Waals surface area contributed by atoms with Gasteiger partial charge in [-0.3, -0.25) is 0 Å². The molecule has 1 atom stereocenters. The van der Waals surface area contributed by atoms with Crippen LogP contribution in [0.4, 0.5) is 17.6 Å². The molecule has 0 aliphatic heterocycles. The largest absolute Gasteiger partial charge is 0.503 e. The topological polar surface area (TPSA) is 46.5 Å². The van der Waals surface area contributed by atoms with Gasteiger partial charge < -0.3 is 9.84 Å². The lowest BCUT2D eigenvalue weighted by Crippen LogP contribution is -2.11. The highest BCUT2D eigenvalue weighted by atomic mass is 19.1. The minimum atomic E-state index is -1.34. The Morgan fingerprint density at radius 3 is 2.23 bits per heavy atom. The first-order chi connectivity index (χ1) is 10.3. The first-order valence-electron chi connectivity index (χ1n) is 6.13. The van der Waals surface area contributed by atoms with Gasteiger partial charge in [0.05, 0.1) is 5.56 Å². The highest BCUT2D eigenvalue weighted by molar-refractivity contribution is 5.89.